The second-order valence-electron chi connectivity index (χ2n) is 4.76. The number of hydrogen-bond donors (Lipinski definition) is 1. The Labute approximate surface area is 112 Å². The maximum absolute atomic E-state index is 5.74. The van der Waals surface area contributed by atoms with Crippen molar-refractivity contribution >= 4 is 16.8 Å². The molecule has 3 aromatic rings. The molecule has 3 rings (SSSR count). The van der Waals surface area contributed by atoms with Crippen LogP contribution in [0.5, 0.6) is 0 Å². The summed E-state index contributed by atoms with van der Waals surface area (Å²) in [6.07, 6.45) is 1.74. The van der Waals surface area contributed by atoms with Gasteiger partial charge in [-0.25, -0.2) is 4.98 Å². The normalized spacial score (nSPS) is 11.0. The van der Waals surface area contributed by atoms with E-state index >= 15 is 0 Å². The highest BCUT2D eigenvalue weighted by molar-refractivity contribution is 5.76. The quantitative estimate of drug-likeness (QED) is 0.726. The number of anilines is 1. The highest BCUT2D eigenvalue weighted by Gasteiger charge is 2.07. The highest BCUT2D eigenvalue weighted by atomic mass is 16.3. The Bertz CT molecular complexity index is 716. The summed E-state index contributed by atoms with van der Waals surface area (Å²) in [7, 11) is 0. The van der Waals surface area contributed by atoms with Crippen molar-refractivity contribution in [3.8, 4) is 0 Å². The number of benzene rings is 2. The first-order valence-corrected chi connectivity index (χ1v) is 6.42. The molecule has 0 unspecified atom stereocenters. The van der Waals surface area contributed by atoms with Crippen LogP contribution in [-0.2, 0) is 12.8 Å². The Balaban J connectivity index is 1.80. The number of nitrogens with two attached hydrogens (primary N) is 1. The fourth-order valence-corrected chi connectivity index (χ4v) is 2.23. The molecule has 0 radical (unpaired) electrons. The summed E-state index contributed by atoms with van der Waals surface area (Å²) in [6, 6.07) is 13.9. The van der Waals surface area contributed by atoms with Gasteiger partial charge in [0.1, 0.15) is 5.52 Å². The van der Waals surface area contributed by atoms with Gasteiger partial charge in [0, 0.05) is 12.1 Å². The van der Waals surface area contributed by atoms with E-state index in [2.05, 4.69) is 36.2 Å². The zero-order valence-corrected chi connectivity index (χ0v) is 10.9. The number of aromatic nitrogens is 1. The van der Waals surface area contributed by atoms with Crippen molar-refractivity contribution in [2.45, 2.75) is 19.8 Å². The van der Waals surface area contributed by atoms with E-state index in [9.17, 15) is 0 Å². The first kappa shape index (κ1) is 11.8. The Morgan fingerprint density at radius 1 is 1.11 bits per heavy atom. The van der Waals surface area contributed by atoms with Crippen molar-refractivity contribution in [2.75, 3.05) is 5.73 Å². The Kier molecular flexibility index (Phi) is 2.95. The van der Waals surface area contributed by atoms with Gasteiger partial charge in [-0.3, -0.25) is 0 Å². The summed E-state index contributed by atoms with van der Waals surface area (Å²) in [5, 5.41) is 0. The maximum atomic E-state index is 5.74. The van der Waals surface area contributed by atoms with E-state index in [1.54, 1.807) is 0 Å². The molecule has 0 saturated heterocycles. The molecule has 2 N–H and O–H groups in total. The average Bonchev–Trinajstić information content (AvgIpc) is 2.79. The number of oxazole rings is 1. The number of nitrogen functional groups attached to an aromatic ring is 1. The van der Waals surface area contributed by atoms with E-state index < -0.39 is 0 Å². The number of nitrogens with zero attached hydrogens (tertiary/aromatic N) is 1. The molecule has 0 spiro atoms. The van der Waals surface area contributed by atoms with Crippen LogP contribution < -0.4 is 5.73 Å². The first-order chi connectivity index (χ1) is 9.22. The smallest absolute Gasteiger partial charge is 0.195 e. The van der Waals surface area contributed by atoms with E-state index in [1.165, 1.54) is 11.1 Å². The number of aryl methyl sites for hydroxylation is 3. The zero-order valence-electron chi connectivity index (χ0n) is 10.9. The molecule has 0 fully saturated rings. The number of rotatable bonds is 3. The van der Waals surface area contributed by atoms with Crippen LogP contribution in [0, 0.1) is 6.92 Å². The van der Waals surface area contributed by atoms with Crippen LogP contribution >= 0.6 is 0 Å². The van der Waals surface area contributed by atoms with Gasteiger partial charge in [-0.05, 0) is 42.7 Å². The van der Waals surface area contributed by atoms with E-state index in [0.29, 0.717) is 5.69 Å². The van der Waals surface area contributed by atoms with Crippen LogP contribution in [0.3, 0.4) is 0 Å². The van der Waals surface area contributed by atoms with Crippen LogP contribution in [0.25, 0.3) is 11.1 Å². The standard InChI is InChI=1S/C16H16N2O/c1-11-4-2-3-5-12(11)6-9-16-18-14-10-13(17)7-8-15(14)19-16/h2-5,7-8,10H,6,9,17H2,1H3. The summed E-state index contributed by atoms with van der Waals surface area (Å²) in [4.78, 5) is 4.47. The third-order valence-electron chi connectivity index (χ3n) is 3.33. The topological polar surface area (TPSA) is 52.0 Å². The Morgan fingerprint density at radius 3 is 2.79 bits per heavy atom. The molecule has 2 aromatic carbocycles. The van der Waals surface area contributed by atoms with Gasteiger partial charge in [0.25, 0.3) is 0 Å². The zero-order chi connectivity index (χ0) is 13.2. The molecule has 0 saturated carbocycles. The van der Waals surface area contributed by atoms with Gasteiger partial charge < -0.3 is 10.2 Å². The van der Waals surface area contributed by atoms with Crippen LogP contribution in [0.1, 0.15) is 17.0 Å². The minimum atomic E-state index is 0.714. The summed E-state index contributed by atoms with van der Waals surface area (Å²) >= 11 is 0. The highest BCUT2D eigenvalue weighted by Crippen LogP contribution is 2.19. The second-order valence-corrected chi connectivity index (χ2v) is 4.76. The minimum absolute atomic E-state index is 0.714. The third-order valence-corrected chi connectivity index (χ3v) is 3.33. The fourth-order valence-electron chi connectivity index (χ4n) is 2.23. The molecule has 3 heteroatoms. The average molecular weight is 252 g/mol. The molecule has 0 amide bonds. The van der Waals surface area contributed by atoms with Crippen LogP contribution in [0.4, 0.5) is 5.69 Å². The monoisotopic (exact) mass is 252 g/mol. The van der Waals surface area contributed by atoms with Crippen molar-refractivity contribution in [2.24, 2.45) is 0 Å². The van der Waals surface area contributed by atoms with E-state index in [1.807, 2.05) is 18.2 Å². The SMILES string of the molecule is Cc1ccccc1CCc1nc2cc(N)ccc2o1. The molecule has 0 aliphatic rings. The fraction of sp³-hybridized carbons (Fsp3) is 0.188. The molecular formula is C16H16N2O. The van der Waals surface area contributed by atoms with Crippen LogP contribution in [-0.4, -0.2) is 4.98 Å². The number of fused-ring (bicyclic) bond motifs is 1. The predicted octanol–water partition coefficient (Wildman–Crippen LogP) is 3.50. The van der Waals surface area contributed by atoms with Crippen molar-refractivity contribution in [3.05, 3.63) is 59.5 Å². The lowest BCUT2D eigenvalue weighted by atomic mass is 10.0. The molecule has 3 nitrogen and oxygen atoms in total. The van der Waals surface area contributed by atoms with Gasteiger partial charge >= 0.3 is 0 Å². The third kappa shape index (κ3) is 2.45. The second kappa shape index (κ2) is 4.76. The van der Waals surface area contributed by atoms with E-state index in [0.717, 1.165) is 29.8 Å². The van der Waals surface area contributed by atoms with Gasteiger partial charge in [0.15, 0.2) is 11.5 Å². The van der Waals surface area contributed by atoms with E-state index in [-0.39, 0.29) is 0 Å². The summed E-state index contributed by atoms with van der Waals surface area (Å²) in [5.74, 6) is 0.767. The van der Waals surface area contributed by atoms with Crippen molar-refractivity contribution < 1.29 is 4.42 Å². The van der Waals surface area contributed by atoms with Gasteiger partial charge in [-0.2, -0.15) is 0 Å². The largest absolute Gasteiger partial charge is 0.441 e. The Morgan fingerprint density at radius 2 is 1.95 bits per heavy atom. The lowest BCUT2D eigenvalue weighted by Gasteiger charge is -2.02. The molecule has 0 atom stereocenters. The van der Waals surface area contributed by atoms with Crippen LogP contribution in [0.2, 0.25) is 0 Å². The molecule has 1 heterocycles. The molecule has 0 bridgehead atoms. The van der Waals surface area contributed by atoms with Crippen LogP contribution in [0.15, 0.2) is 46.9 Å². The van der Waals surface area contributed by atoms with Gasteiger partial charge in [-0.15, -0.1) is 0 Å². The molecule has 1 aromatic heterocycles. The molecule has 19 heavy (non-hydrogen) atoms. The van der Waals surface area contributed by atoms with E-state index in [4.69, 9.17) is 10.2 Å². The summed E-state index contributed by atoms with van der Waals surface area (Å²) < 4.78 is 5.72. The lowest BCUT2D eigenvalue weighted by Crippen LogP contribution is -1.93. The van der Waals surface area contributed by atoms with Crippen molar-refractivity contribution in [1.29, 1.82) is 0 Å². The minimum Gasteiger partial charge on any atom is -0.441 e. The van der Waals surface area contributed by atoms with Gasteiger partial charge in [-0.1, -0.05) is 24.3 Å². The maximum Gasteiger partial charge on any atom is 0.195 e. The molecule has 0 aliphatic heterocycles. The van der Waals surface area contributed by atoms with Crippen molar-refractivity contribution in [1.82, 2.24) is 4.98 Å². The van der Waals surface area contributed by atoms with Gasteiger partial charge in [0.05, 0.1) is 0 Å². The molecular weight excluding hydrogens is 236 g/mol. The summed E-state index contributed by atoms with van der Waals surface area (Å²) in [5.41, 5.74) is 10.7. The van der Waals surface area contributed by atoms with Crippen molar-refractivity contribution in [3.63, 3.8) is 0 Å². The molecule has 0 aliphatic carbocycles. The lowest BCUT2D eigenvalue weighted by molar-refractivity contribution is 0.528. The molecule has 96 valence electrons. The predicted molar refractivity (Wildman–Crippen MR) is 77.0 cm³/mol. The first-order valence-electron chi connectivity index (χ1n) is 6.42. The Hall–Kier alpha value is -2.29. The number of hydrogen-bond acceptors (Lipinski definition) is 3. The summed E-state index contributed by atoms with van der Waals surface area (Å²) in [6.45, 7) is 2.13. The van der Waals surface area contributed by atoms with Gasteiger partial charge in [0.2, 0.25) is 0 Å².